The molecule has 0 spiro atoms. The molecule has 1 unspecified atom stereocenters. The Hall–Kier alpha value is -1.76. The first-order valence-electron chi connectivity index (χ1n) is 8.75. The molecule has 5 nitrogen and oxygen atoms in total. The summed E-state index contributed by atoms with van der Waals surface area (Å²) < 4.78 is 15.0. The molecule has 1 atom stereocenters. The van der Waals surface area contributed by atoms with Crippen molar-refractivity contribution >= 4 is 0 Å². The van der Waals surface area contributed by atoms with E-state index in [1.807, 2.05) is 10.9 Å². The van der Waals surface area contributed by atoms with Crippen molar-refractivity contribution in [2.45, 2.75) is 19.0 Å². The van der Waals surface area contributed by atoms with Gasteiger partial charge < -0.3 is 5.32 Å². The summed E-state index contributed by atoms with van der Waals surface area (Å²) in [7, 11) is 0. The number of aromatic nitrogens is 2. The fourth-order valence-electron chi connectivity index (χ4n) is 3.80. The first-order valence-corrected chi connectivity index (χ1v) is 8.75. The zero-order valence-electron chi connectivity index (χ0n) is 13.9. The van der Waals surface area contributed by atoms with Gasteiger partial charge in [-0.1, -0.05) is 0 Å². The molecule has 24 heavy (non-hydrogen) atoms. The van der Waals surface area contributed by atoms with Crippen LogP contribution in [-0.4, -0.2) is 64.9 Å². The molecular formula is C18H24FN5. The highest BCUT2D eigenvalue weighted by atomic mass is 19.1. The normalized spacial score (nSPS) is 23.0. The van der Waals surface area contributed by atoms with E-state index in [2.05, 4.69) is 26.3 Å². The monoisotopic (exact) mass is 329 g/mol. The second kappa shape index (κ2) is 7.01. The lowest BCUT2D eigenvalue weighted by molar-refractivity contribution is 0.170. The second-order valence-electron chi connectivity index (χ2n) is 6.67. The number of rotatable bonds is 4. The Kier molecular flexibility index (Phi) is 4.60. The lowest BCUT2D eigenvalue weighted by Gasteiger charge is -2.32. The predicted octanol–water partition coefficient (Wildman–Crippen LogP) is 1.49. The number of hydrogen-bond donors (Lipinski definition) is 1. The minimum atomic E-state index is -0.217. The van der Waals surface area contributed by atoms with Gasteiger partial charge in [-0.25, -0.2) is 9.07 Å². The molecule has 2 fully saturated rings. The average molecular weight is 329 g/mol. The van der Waals surface area contributed by atoms with Crippen LogP contribution in [-0.2, 0) is 6.54 Å². The van der Waals surface area contributed by atoms with E-state index < -0.39 is 0 Å². The summed E-state index contributed by atoms with van der Waals surface area (Å²) in [5, 5.41) is 7.84. The van der Waals surface area contributed by atoms with Crippen molar-refractivity contribution < 1.29 is 4.39 Å². The molecule has 0 amide bonds. The Morgan fingerprint density at radius 2 is 1.88 bits per heavy atom. The van der Waals surface area contributed by atoms with Crippen molar-refractivity contribution in [3.8, 4) is 5.69 Å². The van der Waals surface area contributed by atoms with Crippen molar-refractivity contribution in [3.63, 3.8) is 0 Å². The number of piperazine rings is 1. The van der Waals surface area contributed by atoms with Crippen LogP contribution in [0, 0.1) is 5.82 Å². The van der Waals surface area contributed by atoms with Crippen LogP contribution < -0.4 is 5.32 Å². The van der Waals surface area contributed by atoms with E-state index in [1.165, 1.54) is 18.6 Å². The van der Waals surface area contributed by atoms with Crippen LogP contribution in [0.4, 0.5) is 4.39 Å². The third-order valence-corrected chi connectivity index (χ3v) is 5.09. The van der Waals surface area contributed by atoms with Crippen molar-refractivity contribution in [1.82, 2.24) is 24.9 Å². The summed E-state index contributed by atoms with van der Waals surface area (Å²) in [5.41, 5.74) is 2.07. The van der Waals surface area contributed by atoms with Gasteiger partial charge in [0.05, 0.1) is 11.4 Å². The maximum absolute atomic E-state index is 13.1. The quantitative estimate of drug-likeness (QED) is 0.922. The van der Waals surface area contributed by atoms with Crippen LogP contribution in [0.25, 0.3) is 5.69 Å². The molecule has 6 heteroatoms. The van der Waals surface area contributed by atoms with E-state index in [0.717, 1.165) is 57.2 Å². The van der Waals surface area contributed by atoms with Crippen LogP contribution in [0.2, 0.25) is 0 Å². The van der Waals surface area contributed by atoms with E-state index in [1.54, 1.807) is 12.1 Å². The van der Waals surface area contributed by atoms with E-state index in [9.17, 15) is 4.39 Å². The Morgan fingerprint density at radius 1 is 1.08 bits per heavy atom. The van der Waals surface area contributed by atoms with Crippen molar-refractivity contribution in [1.29, 1.82) is 0 Å². The molecular weight excluding hydrogens is 305 g/mol. The zero-order chi connectivity index (χ0) is 16.4. The second-order valence-corrected chi connectivity index (χ2v) is 6.67. The number of nitrogens with zero attached hydrogens (tertiary/aromatic N) is 4. The van der Waals surface area contributed by atoms with Gasteiger partial charge in [-0.3, -0.25) is 9.80 Å². The van der Waals surface area contributed by atoms with Gasteiger partial charge in [0.2, 0.25) is 0 Å². The first kappa shape index (κ1) is 15.7. The van der Waals surface area contributed by atoms with Crippen LogP contribution in [0.5, 0.6) is 0 Å². The number of hydrogen-bond acceptors (Lipinski definition) is 4. The molecule has 0 aliphatic carbocycles. The van der Waals surface area contributed by atoms with E-state index in [-0.39, 0.29) is 5.82 Å². The van der Waals surface area contributed by atoms with E-state index in [0.29, 0.717) is 6.04 Å². The first-order chi connectivity index (χ1) is 11.8. The van der Waals surface area contributed by atoms with Crippen LogP contribution in [0.1, 0.15) is 12.1 Å². The Labute approximate surface area is 142 Å². The van der Waals surface area contributed by atoms with Crippen LogP contribution >= 0.6 is 0 Å². The third kappa shape index (κ3) is 3.36. The molecule has 1 aromatic heterocycles. The minimum Gasteiger partial charge on any atom is -0.314 e. The van der Waals surface area contributed by atoms with Gasteiger partial charge in [0.1, 0.15) is 5.82 Å². The molecule has 2 saturated heterocycles. The minimum absolute atomic E-state index is 0.217. The van der Waals surface area contributed by atoms with Crippen LogP contribution in [0.3, 0.4) is 0 Å². The fourth-order valence-corrected chi connectivity index (χ4v) is 3.80. The van der Waals surface area contributed by atoms with Gasteiger partial charge in [0.15, 0.2) is 0 Å². The van der Waals surface area contributed by atoms with Gasteiger partial charge in [-0.15, -0.1) is 0 Å². The van der Waals surface area contributed by atoms with Gasteiger partial charge in [0.25, 0.3) is 0 Å². The Balaban J connectivity index is 1.41. The fraction of sp³-hybridized carbons (Fsp3) is 0.500. The molecule has 128 valence electrons. The highest BCUT2D eigenvalue weighted by Crippen LogP contribution is 2.20. The largest absolute Gasteiger partial charge is 0.314 e. The Bertz CT molecular complexity index is 662. The summed E-state index contributed by atoms with van der Waals surface area (Å²) in [5.74, 6) is -0.217. The third-order valence-electron chi connectivity index (χ3n) is 5.09. The molecule has 3 heterocycles. The molecule has 2 aromatic rings. The van der Waals surface area contributed by atoms with Crippen molar-refractivity contribution in [2.75, 3.05) is 39.3 Å². The summed E-state index contributed by atoms with van der Waals surface area (Å²) in [6, 6.07) is 9.25. The average Bonchev–Trinajstić information content (AvgIpc) is 3.27. The standard InChI is InChI=1S/C18H24FN5/c19-15-1-3-16(4-2-15)24-18(5-7-21-24)14-22-10-6-17(13-22)23-11-8-20-9-12-23/h1-5,7,17,20H,6,8-14H2. The van der Waals surface area contributed by atoms with Crippen molar-refractivity contribution in [2.24, 2.45) is 0 Å². The number of likely N-dealkylation sites (tertiary alicyclic amines) is 1. The maximum Gasteiger partial charge on any atom is 0.123 e. The van der Waals surface area contributed by atoms with Crippen molar-refractivity contribution in [3.05, 3.63) is 48.0 Å². The maximum atomic E-state index is 13.1. The molecule has 0 saturated carbocycles. The van der Waals surface area contributed by atoms with Crippen LogP contribution in [0.15, 0.2) is 36.5 Å². The molecule has 0 radical (unpaired) electrons. The smallest absolute Gasteiger partial charge is 0.123 e. The molecule has 4 rings (SSSR count). The summed E-state index contributed by atoms with van der Waals surface area (Å²) in [6.45, 7) is 7.66. The van der Waals surface area contributed by atoms with Gasteiger partial charge in [-0.2, -0.15) is 5.10 Å². The number of halogens is 1. The summed E-state index contributed by atoms with van der Waals surface area (Å²) in [4.78, 5) is 5.12. The van der Waals surface area contributed by atoms with E-state index in [4.69, 9.17) is 0 Å². The number of benzene rings is 1. The molecule has 1 N–H and O–H groups in total. The summed E-state index contributed by atoms with van der Waals surface area (Å²) in [6.07, 6.45) is 3.06. The van der Waals surface area contributed by atoms with Gasteiger partial charge in [-0.05, 0) is 36.8 Å². The number of nitrogens with one attached hydrogen (secondary N) is 1. The SMILES string of the molecule is Fc1ccc(-n2nccc2CN2CCC(N3CCNCC3)C2)cc1. The highest BCUT2D eigenvalue weighted by molar-refractivity contribution is 5.32. The predicted molar refractivity (Wildman–Crippen MR) is 91.6 cm³/mol. The topological polar surface area (TPSA) is 36.3 Å². The summed E-state index contributed by atoms with van der Waals surface area (Å²) >= 11 is 0. The molecule has 1 aromatic carbocycles. The lowest BCUT2D eigenvalue weighted by Crippen LogP contribution is -2.49. The molecule has 2 aliphatic rings. The van der Waals surface area contributed by atoms with E-state index >= 15 is 0 Å². The molecule has 0 bridgehead atoms. The highest BCUT2D eigenvalue weighted by Gasteiger charge is 2.28. The van der Waals surface area contributed by atoms with Gasteiger partial charge in [0, 0.05) is 58.1 Å². The Morgan fingerprint density at radius 3 is 2.67 bits per heavy atom. The molecule has 2 aliphatic heterocycles. The van der Waals surface area contributed by atoms with Gasteiger partial charge >= 0.3 is 0 Å². The lowest BCUT2D eigenvalue weighted by atomic mass is 10.2. The zero-order valence-corrected chi connectivity index (χ0v) is 13.9.